The second-order valence-electron chi connectivity index (χ2n) is 6.49. The molecule has 0 radical (unpaired) electrons. The van der Waals surface area contributed by atoms with Crippen molar-refractivity contribution in [2.45, 2.75) is 46.0 Å². The molecule has 0 bridgehead atoms. The maximum absolute atomic E-state index is 4.73. The largest absolute Gasteiger partial charge is 0.373 e. The molecule has 0 saturated carbocycles. The van der Waals surface area contributed by atoms with Gasteiger partial charge in [-0.1, -0.05) is 40.7 Å². The lowest BCUT2D eigenvalue weighted by Crippen LogP contribution is -2.11. The molecule has 0 spiro atoms. The van der Waals surface area contributed by atoms with Gasteiger partial charge in [0.05, 0.1) is 5.52 Å². The molecule has 0 unspecified atom stereocenters. The number of aromatic nitrogens is 1. The molecule has 2 aromatic rings. The van der Waals surface area contributed by atoms with Gasteiger partial charge >= 0.3 is 0 Å². The van der Waals surface area contributed by atoms with Gasteiger partial charge in [0.15, 0.2) is 0 Å². The average Bonchev–Trinajstić information content (AvgIpc) is 2.35. The van der Waals surface area contributed by atoms with E-state index in [0.717, 1.165) is 11.3 Å². The first-order valence-electron chi connectivity index (χ1n) is 6.96. The van der Waals surface area contributed by atoms with Crippen LogP contribution in [0.5, 0.6) is 0 Å². The fourth-order valence-corrected chi connectivity index (χ4v) is 2.30. The van der Waals surface area contributed by atoms with Gasteiger partial charge < -0.3 is 5.32 Å². The Balaban J connectivity index is 2.66. The summed E-state index contributed by atoms with van der Waals surface area (Å²) >= 11 is 0. The van der Waals surface area contributed by atoms with Gasteiger partial charge in [-0.15, -0.1) is 0 Å². The molecule has 2 rings (SSSR count). The molecule has 0 amide bonds. The quantitative estimate of drug-likeness (QED) is 0.842. The summed E-state index contributed by atoms with van der Waals surface area (Å²) < 4.78 is 0. The predicted octanol–water partition coefficient (Wildman–Crippen LogP) is 4.70. The van der Waals surface area contributed by atoms with Crippen molar-refractivity contribution in [1.82, 2.24) is 4.98 Å². The first kappa shape index (κ1) is 13.9. The Morgan fingerprint density at radius 1 is 1.11 bits per heavy atom. The monoisotopic (exact) mass is 256 g/mol. The zero-order valence-electron chi connectivity index (χ0n) is 12.8. The van der Waals surface area contributed by atoms with Gasteiger partial charge in [-0.3, -0.25) is 0 Å². The highest BCUT2D eigenvalue weighted by Crippen LogP contribution is 2.30. The molecule has 1 aromatic heterocycles. The van der Waals surface area contributed by atoms with E-state index in [4.69, 9.17) is 4.98 Å². The number of rotatable bonds is 2. The van der Waals surface area contributed by atoms with E-state index in [9.17, 15) is 0 Å². The van der Waals surface area contributed by atoms with E-state index < -0.39 is 0 Å². The molecule has 1 N–H and O–H groups in total. The van der Waals surface area contributed by atoms with Crippen LogP contribution in [0, 0.1) is 0 Å². The van der Waals surface area contributed by atoms with Crippen molar-refractivity contribution in [3.05, 3.63) is 35.4 Å². The van der Waals surface area contributed by atoms with Crippen molar-refractivity contribution >= 4 is 16.7 Å². The third kappa shape index (κ3) is 2.73. The van der Waals surface area contributed by atoms with Crippen LogP contribution in [0.4, 0.5) is 5.82 Å². The second-order valence-corrected chi connectivity index (χ2v) is 6.49. The Morgan fingerprint density at radius 2 is 1.79 bits per heavy atom. The lowest BCUT2D eigenvalue weighted by atomic mass is 9.86. The number of nitrogens with zero attached hydrogens (tertiary/aromatic N) is 1. The minimum atomic E-state index is 0.174. The summed E-state index contributed by atoms with van der Waals surface area (Å²) in [5, 5.41) is 4.43. The van der Waals surface area contributed by atoms with Gasteiger partial charge in [0, 0.05) is 12.4 Å². The van der Waals surface area contributed by atoms with Crippen LogP contribution in [-0.4, -0.2) is 12.0 Å². The lowest BCUT2D eigenvalue weighted by Gasteiger charge is -2.20. The van der Waals surface area contributed by atoms with Crippen LogP contribution in [-0.2, 0) is 5.41 Å². The highest BCUT2D eigenvalue weighted by Gasteiger charge is 2.15. The molecule has 2 nitrogen and oxygen atoms in total. The van der Waals surface area contributed by atoms with Crippen molar-refractivity contribution in [3.8, 4) is 0 Å². The summed E-state index contributed by atoms with van der Waals surface area (Å²) in [4.78, 5) is 4.73. The number of hydrogen-bond donors (Lipinski definition) is 1. The van der Waals surface area contributed by atoms with Gasteiger partial charge in [-0.2, -0.15) is 0 Å². The standard InChI is InChI=1S/C17H24N2/c1-11(2)14-10-12-9-13(17(3,4)5)7-8-15(12)19-16(14)18-6/h7-11H,1-6H3,(H,18,19). The molecular formula is C17H24N2. The van der Waals surface area contributed by atoms with Crippen LogP contribution in [0.15, 0.2) is 24.3 Å². The lowest BCUT2D eigenvalue weighted by molar-refractivity contribution is 0.591. The molecule has 0 fully saturated rings. The Hall–Kier alpha value is -1.57. The van der Waals surface area contributed by atoms with Crippen LogP contribution in [0.25, 0.3) is 10.9 Å². The molecule has 2 heteroatoms. The normalized spacial score (nSPS) is 12.2. The molecule has 1 aromatic carbocycles. The first-order chi connectivity index (χ1) is 8.82. The summed E-state index contributed by atoms with van der Waals surface area (Å²) in [5.41, 5.74) is 3.87. The van der Waals surface area contributed by atoms with E-state index in [2.05, 4.69) is 64.2 Å². The topological polar surface area (TPSA) is 24.9 Å². The number of pyridine rings is 1. The zero-order chi connectivity index (χ0) is 14.2. The van der Waals surface area contributed by atoms with E-state index >= 15 is 0 Å². The Kier molecular flexibility index (Phi) is 3.53. The number of benzene rings is 1. The smallest absolute Gasteiger partial charge is 0.129 e. The molecule has 0 saturated heterocycles. The van der Waals surface area contributed by atoms with Crippen molar-refractivity contribution in [1.29, 1.82) is 0 Å². The molecule has 19 heavy (non-hydrogen) atoms. The molecule has 0 aliphatic carbocycles. The Bertz CT molecular complexity index is 592. The van der Waals surface area contributed by atoms with E-state index in [1.807, 2.05) is 7.05 Å². The van der Waals surface area contributed by atoms with Gasteiger partial charge in [0.25, 0.3) is 0 Å². The van der Waals surface area contributed by atoms with E-state index in [1.54, 1.807) is 0 Å². The fraction of sp³-hybridized carbons (Fsp3) is 0.471. The Morgan fingerprint density at radius 3 is 2.32 bits per heavy atom. The van der Waals surface area contributed by atoms with Crippen LogP contribution in [0.1, 0.15) is 51.7 Å². The molecule has 0 aliphatic rings. The minimum Gasteiger partial charge on any atom is -0.373 e. The van der Waals surface area contributed by atoms with Gasteiger partial charge in [-0.25, -0.2) is 4.98 Å². The molecule has 0 atom stereocenters. The predicted molar refractivity (Wildman–Crippen MR) is 84.1 cm³/mol. The van der Waals surface area contributed by atoms with E-state index in [1.165, 1.54) is 16.5 Å². The number of fused-ring (bicyclic) bond motifs is 1. The molecule has 1 heterocycles. The summed E-state index contributed by atoms with van der Waals surface area (Å²) in [7, 11) is 1.93. The van der Waals surface area contributed by atoms with Gasteiger partial charge in [0.2, 0.25) is 0 Å². The molecular weight excluding hydrogens is 232 g/mol. The fourth-order valence-electron chi connectivity index (χ4n) is 2.30. The number of anilines is 1. The van der Waals surface area contributed by atoms with Crippen molar-refractivity contribution in [2.24, 2.45) is 0 Å². The number of hydrogen-bond acceptors (Lipinski definition) is 2. The molecule has 102 valence electrons. The highest BCUT2D eigenvalue weighted by atomic mass is 15.0. The van der Waals surface area contributed by atoms with Gasteiger partial charge in [-0.05, 0) is 40.7 Å². The molecule has 0 aliphatic heterocycles. The highest BCUT2D eigenvalue weighted by molar-refractivity contribution is 5.83. The minimum absolute atomic E-state index is 0.174. The van der Waals surface area contributed by atoms with Crippen LogP contribution >= 0.6 is 0 Å². The van der Waals surface area contributed by atoms with Crippen LogP contribution < -0.4 is 5.32 Å². The van der Waals surface area contributed by atoms with Crippen molar-refractivity contribution in [3.63, 3.8) is 0 Å². The van der Waals surface area contributed by atoms with Gasteiger partial charge in [0.1, 0.15) is 5.82 Å². The van der Waals surface area contributed by atoms with E-state index in [0.29, 0.717) is 5.92 Å². The Labute approximate surface area is 116 Å². The first-order valence-corrected chi connectivity index (χ1v) is 6.96. The maximum Gasteiger partial charge on any atom is 0.129 e. The van der Waals surface area contributed by atoms with Crippen molar-refractivity contribution < 1.29 is 0 Å². The van der Waals surface area contributed by atoms with E-state index in [-0.39, 0.29) is 5.41 Å². The third-order valence-electron chi connectivity index (χ3n) is 3.57. The SMILES string of the molecule is CNc1nc2ccc(C(C)(C)C)cc2cc1C(C)C. The zero-order valence-corrected chi connectivity index (χ0v) is 12.8. The van der Waals surface area contributed by atoms with Crippen molar-refractivity contribution in [2.75, 3.05) is 12.4 Å². The second kappa shape index (κ2) is 4.84. The summed E-state index contributed by atoms with van der Waals surface area (Å²) in [6, 6.07) is 8.85. The average molecular weight is 256 g/mol. The summed E-state index contributed by atoms with van der Waals surface area (Å²) in [5.74, 6) is 1.46. The number of nitrogens with one attached hydrogen (secondary N) is 1. The van der Waals surface area contributed by atoms with Crippen LogP contribution in [0.3, 0.4) is 0 Å². The third-order valence-corrected chi connectivity index (χ3v) is 3.57. The maximum atomic E-state index is 4.73. The summed E-state index contributed by atoms with van der Waals surface area (Å²) in [6.07, 6.45) is 0. The summed E-state index contributed by atoms with van der Waals surface area (Å²) in [6.45, 7) is 11.1. The van der Waals surface area contributed by atoms with Crippen LogP contribution in [0.2, 0.25) is 0 Å².